The molecular weight excluding hydrogens is 254 g/mol. The smallest absolute Gasteiger partial charge is 0.239 e. The molecule has 0 aromatic heterocycles. The fraction of sp³-hybridized carbons (Fsp3) is 0.833. The van der Waals surface area contributed by atoms with Crippen molar-refractivity contribution < 1.29 is 9.59 Å². The second-order valence-corrected chi connectivity index (χ2v) is 4.86. The molecule has 0 heterocycles. The highest BCUT2D eigenvalue weighted by molar-refractivity contribution is 5.85. The molecule has 1 aliphatic carbocycles. The van der Waals surface area contributed by atoms with E-state index in [1.54, 1.807) is 6.92 Å². The molecule has 1 saturated carbocycles. The van der Waals surface area contributed by atoms with Crippen LogP contribution in [0.2, 0.25) is 0 Å². The van der Waals surface area contributed by atoms with Crippen LogP contribution in [-0.2, 0) is 9.59 Å². The lowest BCUT2D eigenvalue weighted by Gasteiger charge is -2.22. The molecule has 0 bridgehead atoms. The third kappa shape index (κ3) is 7.50. The van der Waals surface area contributed by atoms with Gasteiger partial charge in [0.25, 0.3) is 0 Å². The molecule has 4 N–H and O–H groups in total. The summed E-state index contributed by atoms with van der Waals surface area (Å²) in [5.41, 5.74) is 5.49. The molecule has 0 spiro atoms. The van der Waals surface area contributed by atoms with Crippen molar-refractivity contribution in [2.75, 3.05) is 6.54 Å². The summed E-state index contributed by atoms with van der Waals surface area (Å²) in [5, 5.41) is 5.51. The number of rotatable bonds is 5. The average molecular weight is 278 g/mol. The van der Waals surface area contributed by atoms with E-state index in [1.165, 1.54) is 19.3 Å². The predicted octanol–water partition coefficient (Wildman–Crippen LogP) is 0.711. The number of amides is 2. The van der Waals surface area contributed by atoms with Crippen molar-refractivity contribution in [3.8, 4) is 0 Å². The van der Waals surface area contributed by atoms with Gasteiger partial charge in [0.05, 0.1) is 6.54 Å². The predicted molar refractivity (Wildman–Crippen MR) is 73.5 cm³/mol. The molecule has 1 aliphatic rings. The van der Waals surface area contributed by atoms with Gasteiger partial charge in [-0.05, 0) is 19.8 Å². The van der Waals surface area contributed by atoms with Gasteiger partial charge in [-0.3, -0.25) is 9.59 Å². The van der Waals surface area contributed by atoms with Gasteiger partial charge in [-0.25, -0.2) is 0 Å². The normalized spacial score (nSPS) is 17.4. The maximum absolute atomic E-state index is 11.5. The van der Waals surface area contributed by atoms with Crippen LogP contribution in [0.1, 0.15) is 45.4 Å². The third-order valence-electron chi connectivity index (χ3n) is 2.92. The molecule has 2 amide bonds. The zero-order chi connectivity index (χ0) is 12.7. The van der Waals surface area contributed by atoms with E-state index in [1.807, 2.05) is 0 Å². The fourth-order valence-corrected chi connectivity index (χ4v) is 2.07. The van der Waals surface area contributed by atoms with Crippen LogP contribution in [0.3, 0.4) is 0 Å². The van der Waals surface area contributed by atoms with Crippen molar-refractivity contribution in [1.29, 1.82) is 0 Å². The highest BCUT2D eigenvalue weighted by atomic mass is 35.5. The third-order valence-corrected chi connectivity index (χ3v) is 2.92. The molecule has 1 unspecified atom stereocenters. The maximum Gasteiger partial charge on any atom is 0.239 e. The van der Waals surface area contributed by atoms with Gasteiger partial charge < -0.3 is 16.4 Å². The summed E-state index contributed by atoms with van der Waals surface area (Å²) in [4.78, 5) is 22.8. The molecule has 0 aromatic carbocycles. The van der Waals surface area contributed by atoms with Gasteiger partial charge in [0.2, 0.25) is 11.8 Å². The van der Waals surface area contributed by atoms with E-state index in [9.17, 15) is 9.59 Å². The number of carbonyl (C=O) groups excluding carboxylic acids is 2. The van der Waals surface area contributed by atoms with E-state index in [0.717, 1.165) is 12.8 Å². The van der Waals surface area contributed by atoms with Gasteiger partial charge in [0, 0.05) is 18.5 Å². The molecule has 5 nitrogen and oxygen atoms in total. The number of hydrogen-bond donors (Lipinski definition) is 3. The van der Waals surface area contributed by atoms with Crippen LogP contribution in [0.5, 0.6) is 0 Å². The van der Waals surface area contributed by atoms with Crippen LogP contribution < -0.4 is 16.4 Å². The van der Waals surface area contributed by atoms with Crippen molar-refractivity contribution in [2.24, 2.45) is 5.73 Å². The zero-order valence-electron chi connectivity index (χ0n) is 10.9. The van der Waals surface area contributed by atoms with Crippen molar-refractivity contribution >= 4 is 24.2 Å². The first-order valence-electron chi connectivity index (χ1n) is 6.39. The van der Waals surface area contributed by atoms with Gasteiger partial charge in [0.15, 0.2) is 0 Å². The van der Waals surface area contributed by atoms with Gasteiger partial charge in [-0.1, -0.05) is 19.3 Å². The minimum atomic E-state index is -0.170. The minimum Gasteiger partial charge on any atom is -0.352 e. The number of halogens is 1. The minimum absolute atomic E-state index is 0. The topological polar surface area (TPSA) is 84.2 Å². The number of hydrogen-bond acceptors (Lipinski definition) is 3. The largest absolute Gasteiger partial charge is 0.352 e. The van der Waals surface area contributed by atoms with E-state index < -0.39 is 0 Å². The lowest BCUT2D eigenvalue weighted by Crippen LogP contribution is -2.43. The van der Waals surface area contributed by atoms with E-state index in [2.05, 4.69) is 10.6 Å². The lowest BCUT2D eigenvalue weighted by atomic mass is 9.95. The Hall–Kier alpha value is -0.810. The molecule has 0 saturated heterocycles. The summed E-state index contributed by atoms with van der Waals surface area (Å²) in [6.07, 6.45) is 6.00. The summed E-state index contributed by atoms with van der Waals surface area (Å²) in [6, 6.07) is 0.123. The van der Waals surface area contributed by atoms with E-state index in [0.29, 0.717) is 6.04 Å². The van der Waals surface area contributed by atoms with Crippen LogP contribution in [0.15, 0.2) is 0 Å². The Morgan fingerprint density at radius 1 is 1.22 bits per heavy atom. The monoisotopic (exact) mass is 277 g/mol. The first kappa shape index (κ1) is 17.2. The molecule has 0 radical (unpaired) electrons. The molecule has 6 heteroatoms. The first-order chi connectivity index (χ1) is 8.08. The van der Waals surface area contributed by atoms with Gasteiger partial charge in [-0.15, -0.1) is 12.4 Å². The Labute approximate surface area is 115 Å². The molecule has 1 rings (SSSR count). The Balaban J connectivity index is 0.00000289. The molecule has 0 aliphatic heterocycles. The van der Waals surface area contributed by atoms with Crippen LogP contribution in [0, 0.1) is 0 Å². The Kier molecular flexibility index (Phi) is 8.75. The average Bonchev–Trinajstić information content (AvgIpc) is 2.27. The molecule has 18 heavy (non-hydrogen) atoms. The molecule has 1 atom stereocenters. The van der Waals surface area contributed by atoms with Gasteiger partial charge in [0.1, 0.15) is 0 Å². The molecule has 1 fully saturated rings. The molecule has 0 aromatic rings. The Bertz CT molecular complexity index is 266. The summed E-state index contributed by atoms with van der Waals surface area (Å²) in [7, 11) is 0. The van der Waals surface area contributed by atoms with Crippen molar-refractivity contribution in [3.05, 3.63) is 0 Å². The van der Waals surface area contributed by atoms with E-state index >= 15 is 0 Å². The lowest BCUT2D eigenvalue weighted by molar-refractivity contribution is -0.126. The maximum atomic E-state index is 11.5. The van der Waals surface area contributed by atoms with Crippen molar-refractivity contribution in [1.82, 2.24) is 10.6 Å². The fourth-order valence-electron chi connectivity index (χ4n) is 2.07. The second kappa shape index (κ2) is 9.16. The highest BCUT2D eigenvalue weighted by Crippen LogP contribution is 2.16. The standard InChI is InChI=1S/C12H23N3O2.ClH/c1-9(13)7-11(16)14-8-12(17)15-10-5-3-2-4-6-10;/h9-10H,2-8,13H2,1H3,(H,14,16)(H,15,17);1H. The quantitative estimate of drug-likeness (QED) is 0.692. The van der Waals surface area contributed by atoms with Crippen LogP contribution >= 0.6 is 12.4 Å². The van der Waals surface area contributed by atoms with Gasteiger partial charge >= 0.3 is 0 Å². The van der Waals surface area contributed by atoms with E-state index in [4.69, 9.17) is 5.73 Å². The van der Waals surface area contributed by atoms with Crippen molar-refractivity contribution in [3.63, 3.8) is 0 Å². The van der Waals surface area contributed by atoms with Crippen molar-refractivity contribution in [2.45, 2.75) is 57.5 Å². The van der Waals surface area contributed by atoms with Crippen LogP contribution in [0.4, 0.5) is 0 Å². The Morgan fingerprint density at radius 2 is 1.83 bits per heavy atom. The summed E-state index contributed by atoms with van der Waals surface area (Å²) < 4.78 is 0. The first-order valence-corrected chi connectivity index (χ1v) is 6.39. The number of carbonyl (C=O) groups is 2. The molecule has 106 valence electrons. The van der Waals surface area contributed by atoms with E-state index in [-0.39, 0.29) is 43.2 Å². The van der Waals surface area contributed by atoms with Crippen LogP contribution in [-0.4, -0.2) is 30.4 Å². The summed E-state index contributed by atoms with van der Waals surface area (Å²) in [5.74, 6) is -0.270. The summed E-state index contributed by atoms with van der Waals surface area (Å²) in [6.45, 7) is 1.82. The van der Waals surface area contributed by atoms with Crippen LogP contribution in [0.25, 0.3) is 0 Å². The van der Waals surface area contributed by atoms with Gasteiger partial charge in [-0.2, -0.15) is 0 Å². The summed E-state index contributed by atoms with van der Waals surface area (Å²) >= 11 is 0. The number of nitrogens with two attached hydrogens (primary N) is 1. The Morgan fingerprint density at radius 3 is 2.39 bits per heavy atom. The SMILES string of the molecule is CC(N)CC(=O)NCC(=O)NC1CCCCC1.Cl. The molecular formula is C12H24ClN3O2. The highest BCUT2D eigenvalue weighted by Gasteiger charge is 2.15. The zero-order valence-corrected chi connectivity index (χ0v) is 11.7. The second-order valence-electron chi connectivity index (χ2n) is 4.86. The number of nitrogens with one attached hydrogen (secondary N) is 2.